The van der Waals surface area contributed by atoms with Gasteiger partial charge in [0.05, 0.1) is 6.61 Å². The monoisotopic (exact) mass is 223 g/mol. The molecule has 1 saturated heterocycles. The molecule has 15 heavy (non-hydrogen) atoms. The highest BCUT2D eigenvalue weighted by molar-refractivity contribution is 7.99. The van der Waals surface area contributed by atoms with Crippen molar-refractivity contribution in [2.45, 2.75) is 12.5 Å². The minimum atomic E-state index is -0.219. The minimum Gasteiger partial charge on any atom is -0.369 e. The Morgan fingerprint density at radius 2 is 2.60 bits per heavy atom. The molecule has 3 nitrogen and oxygen atoms in total. The van der Waals surface area contributed by atoms with E-state index >= 15 is 0 Å². The molecule has 4 heteroatoms. The van der Waals surface area contributed by atoms with E-state index in [9.17, 15) is 4.79 Å². The summed E-state index contributed by atoms with van der Waals surface area (Å²) >= 11 is 1.78. The van der Waals surface area contributed by atoms with Crippen molar-refractivity contribution >= 4 is 17.5 Å². The number of aromatic nitrogens is 1. The molecule has 0 spiro atoms. The zero-order valence-corrected chi connectivity index (χ0v) is 9.20. The summed E-state index contributed by atoms with van der Waals surface area (Å²) in [5.41, 5.74) is 0.960. The fraction of sp³-hybridized carbons (Fsp3) is 0.455. The van der Waals surface area contributed by atoms with Crippen LogP contribution in [0.1, 0.15) is 5.56 Å². The van der Waals surface area contributed by atoms with Crippen LogP contribution in [0, 0.1) is 0 Å². The Labute approximate surface area is 93.2 Å². The van der Waals surface area contributed by atoms with E-state index in [4.69, 9.17) is 4.74 Å². The number of Topliss-reactive ketones (excluding diaryl/α,β-unsaturated/α-hetero) is 1. The van der Waals surface area contributed by atoms with Crippen LogP contribution in [-0.2, 0) is 16.0 Å². The molecule has 0 saturated carbocycles. The van der Waals surface area contributed by atoms with Gasteiger partial charge in [-0.2, -0.15) is 11.8 Å². The summed E-state index contributed by atoms with van der Waals surface area (Å²) in [6.07, 6.45) is 3.65. The van der Waals surface area contributed by atoms with Crippen molar-refractivity contribution in [2.75, 3.05) is 18.1 Å². The first kappa shape index (κ1) is 10.6. The van der Waals surface area contributed by atoms with Gasteiger partial charge in [-0.3, -0.25) is 9.78 Å². The zero-order chi connectivity index (χ0) is 10.5. The Morgan fingerprint density at radius 3 is 3.27 bits per heavy atom. The molecule has 0 radical (unpaired) electrons. The molecule has 1 aliphatic rings. The molecule has 1 atom stereocenters. The molecule has 1 unspecified atom stereocenters. The van der Waals surface area contributed by atoms with Crippen molar-refractivity contribution < 1.29 is 9.53 Å². The Morgan fingerprint density at radius 1 is 1.67 bits per heavy atom. The predicted molar refractivity (Wildman–Crippen MR) is 60.0 cm³/mol. The summed E-state index contributed by atoms with van der Waals surface area (Å²) in [4.78, 5) is 15.8. The van der Waals surface area contributed by atoms with E-state index in [1.165, 1.54) is 0 Å². The highest BCUT2D eigenvalue weighted by Gasteiger charge is 2.22. The summed E-state index contributed by atoms with van der Waals surface area (Å²) < 4.78 is 5.42. The lowest BCUT2D eigenvalue weighted by Crippen LogP contribution is -2.32. The molecule has 2 rings (SSSR count). The van der Waals surface area contributed by atoms with E-state index < -0.39 is 0 Å². The highest BCUT2D eigenvalue weighted by Crippen LogP contribution is 2.14. The summed E-state index contributed by atoms with van der Waals surface area (Å²) in [7, 11) is 0. The first-order chi connectivity index (χ1) is 7.36. The number of thioether (sulfide) groups is 1. The van der Waals surface area contributed by atoms with Gasteiger partial charge in [0.15, 0.2) is 5.78 Å². The number of hydrogen-bond donors (Lipinski definition) is 0. The number of rotatable bonds is 3. The van der Waals surface area contributed by atoms with Crippen LogP contribution in [0.5, 0.6) is 0 Å². The number of carbonyl (C=O) groups is 1. The van der Waals surface area contributed by atoms with Crippen LogP contribution in [0.25, 0.3) is 0 Å². The second-order valence-corrected chi connectivity index (χ2v) is 4.59. The Bertz CT molecular complexity index is 323. The fourth-order valence-corrected chi connectivity index (χ4v) is 2.37. The largest absolute Gasteiger partial charge is 0.369 e. The van der Waals surface area contributed by atoms with Crippen molar-refractivity contribution in [1.29, 1.82) is 0 Å². The van der Waals surface area contributed by atoms with Gasteiger partial charge in [0.1, 0.15) is 6.10 Å². The van der Waals surface area contributed by atoms with Crippen LogP contribution < -0.4 is 0 Å². The smallest absolute Gasteiger partial charge is 0.166 e. The molecule has 1 fully saturated rings. The molecular formula is C11H13NO2S. The second kappa shape index (κ2) is 5.28. The van der Waals surface area contributed by atoms with Crippen LogP contribution in [0.3, 0.4) is 0 Å². The van der Waals surface area contributed by atoms with Gasteiger partial charge in [-0.25, -0.2) is 0 Å². The zero-order valence-electron chi connectivity index (χ0n) is 8.39. The molecule has 1 aliphatic heterocycles. The Balaban J connectivity index is 1.91. The van der Waals surface area contributed by atoms with Gasteiger partial charge in [-0.05, 0) is 11.6 Å². The van der Waals surface area contributed by atoms with Gasteiger partial charge in [-0.1, -0.05) is 6.07 Å². The lowest BCUT2D eigenvalue weighted by Gasteiger charge is -2.20. The van der Waals surface area contributed by atoms with Crippen molar-refractivity contribution in [2.24, 2.45) is 0 Å². The quantitative estimate of drug-likeness (QED) is 0.775. The lowest BCUT2D eigenvalue weighted by molar-refractivity contribution is -0.128. The predicted octanol–water partition coefficient (Wildman–Crippen LogP) is 1.33. The molecule has 0 bridgehead atoms. The van der Waals surface area contributed by atoms with E-state index in [1.54, 1.807) is 24.2 Å². The summed E-state index contributed by atoms with van der Waals surface area (Å²) in [5.74, 6) is 1.95. The maximum atomic E-state index is 11.8. The third kappa shape index (κ3) is 3.04. The van der Waals surface area contributed by atoms with E-state index in [1.807, 2.05) is 12.1 Å². The van der Waals surface area contributed by atoms with E-state index in [0.717, 1.165) is 17.1 Å². The summed E-state index contributed by atoms with van der Waals surface area (Å²) in [6, 6.07) is 3.76. The molecular weight excluding hydrogens is 210 g/mol. The third-order valence-electron chi connectivity index (χ3n) is 2.28. The molecule has 0 N–H and O–H groups in total. The normalized spacial score (nSPS) is 21.2. The van der Waals surface area contributed by atoms with Crippen molar-refractivity contribution in [3.05, 3.63) is 30.1 Å². The van der Waals surface area contributed by atoms with E-state index in [-0.39, 0.29) is 11.9 Å². The molecule has 80 valence electrons. The van der Waals surface area contributed by atoms with Gasteiger partial charge >= 0.3 is 0 Å². The van der Waals surface area contributed by atoms with E-state index in [2.05, 4.69) is 4.98 Å². The Kier molecular flexibility index (Phi) is 3.75. The number of ether oxygens (including phenoxy) is 1. The van der Waals surface area contributed by atoms with Crippen molar-refractivity contribution in [3.63, 3.8) is 0 Å². The summed E-state index contributed by atoms with van der Waals surface area (Å²) in [5, 5.41) is 0. The average molecular weight is 223 g/mol. The van der Waals surface area contributed by atoms with Crippen molar-refractivity contribution in [1.82, 2.24) is 4.98 Å². The van der Waals surface area contributed by atoms with E-state index in [0.29, 0.717) is 13.0 Å². The minimum absolute atomic E-state index is 0.162. The van der Waals surface area contributed by atoms with Crippen LogP contribution in [0.15, 0.2) is 24.5 Å². The highest BCUT2D eigenvalue weighted by atomic mass is 32.2. The maximum Gasteiger partial charge on any atom is 0.166 e. The third-order valence-corrected chi connectivity index (χ3v) is 3.27. The topological polar surface area (TPSA) is 39.2 Å². The standard InChI is InChI=1S/C11H13NO2S/c13-10(11-8-15-5-4-14-11)6-9-2-1-3-12-7-9/h1-3,7,11H,4-6,8H2. The number of hydrogen-bond acceptors (Lipinski definition) is 4. The van der Waals surface area contributed by atoms with Crippen LogP contribution in [-0.4, -0.2) is 35.0 Å². The molecule has 0 amide bonds. The summed E-state index contributed by atoms with van der Waals surface area (Å²) in [6.45, 7) is 0.689. The van der Waals surface area contributed by atoms with Crippen molar-refractivity contribution in [3.8, 4) is 0 Å². The SMILES string of the molecule is O=C(Cc1cccnc1)C1CSCCO1. The number of ketones is 1. The number of pyridine rings is 1. The lowest BCUT2D eigenvalue weighted by atomic mass is 10.1. The van der Waals surface area contributed by atoms with Crippen LogP contribution >= 0.6 is 11.8 Å². The molecule has 1 aromatic heterocycles. The van der Waals surface area contributed by atoms with Crippen LogP contribution in [0.4, 0.5) is 0 Å². The molecule has 2 heterocycles. The first-order valence-corrected chi connectivity index (χ1v) is 6.12. The fourth-order valence-electron chi connectivity index (χ4n) is 1.49. The number of nitrogens with zero attached hydrogens (tertiary/aromatic N) is 1. The average Bonchev–Trinajstić information content (AvgIpc) is 2.31. The van der Waals surface area contributed by atoms with Gasteiger partial charge in [0, 0.05) is 30.3 Å². The second-order valence-electron chi connectivity index (χ2n) is 3.44. The first-order valence-electron chi connectivity index (χ1n) is 4.97. The molecule has 0 aliphatic carbocycles. The molecule has 1 aromatic rings. The van der Waals surface area contributed by atoms with Crippen LogP contribution in [0.2, 0.25) is 0 Å². The number of carbonyl (C=O) groups excluding carboxylic acids is 1. The van der Waals surface area contributed by atoms with Gasteiger partial charge in [0.2, 0.25) is 0 Å². The van der Waals surface area contributed by atoms with Gasteiger partial charge in [-0.15, -0.1) is 0 Å². The van der Waals surface area contributed by atoms with Gasteiger partial charge < -0.3 is 4.74 Å². The maximum absolute atomic E-state index is 11.8. The van der Waals surface area contributed by atoms with Gasteiger partial charge in [0.25, 0.3) is 0 Å². The Hall–Kier alpha value is -0.870. The molecule has 0 aromatic carbocycles.